The molecule has 2 atom stereocenters. The van der Waals surface area contributed by atoms with Gasteiger partial charge in [0.1, 0.15) is 5.15 Å². The number of fused-ring (bicyclic) bond motifs is 4. The molecule has 0 unspecified atom stereocenters. The number of hydrogen-bond acceptors (Lipinski definition) is 4. The highest BCUT2D eigenvalue weighted by Gasteiger charge is 2.37. The highest BCUT2D eigenvalue weighted by molar-refractivity contribution is 6.30. The van der Waals surface area contributed by atoms with E-state index < -0.39 is 0 Å². The van der Waals surface area contributed by atoms with E-state index in [-0.39, 0.29) is 5.91 Å². The quantitative estimate of drug-likeness (QED) is 0.809. The zero-order valence-corrected chi connectivity index (χ0v) is 16.7. The number of aromatic nitrogens is 3. The number of piperidine rings is 1. The molecule has 5 heterocycles. The second-order valence-corrected chi connectivity index (χ2v) is 8.02. The van der Waals surface area contributed by atoms with Crippen molar-refractivity contribution in [3.8, 4) is 0 Å². The lowest BCUT2D eigenvalue weighted by molar-refractivity contribution is 0.0735. The molecule has 0 N–H and O–H groups in total. The first-order valence-corrected chi connectivity index (χ1v) is 10.1. The second-order valence-electron chi connectivity index (χ2n) is 7.67. The summed E-state index contributed by atoms with van der Waals surface area (Å²) < 4.78 is 1.77. The molecule has 0 saturated carbocycles. The standard InChI is InChI=1S/C20H26ClN5O/c1-3-18-17(19(21)24(2)23-18)13-25-10-14-4-5-16(25)12-26(11-14)20(27)15-6-8-22-9-7-15/h6-9,14,16H,3-5,10-13H2,1-2H3/t14-,16-/m1/s1. The van der Waals surface area contributed by atoms with Crippen molar-refractivity contribution in [2.45, 2.75) is 38.8 Å². The Morgan fingerprint density at radius 3 is 2.74 bits per heavy atom. The van der Waals surface area contributed by atoms with Crippen molar-refractivity contribution in [3.63, 3.8) is 0 Å². The van der Waals surface area contributed by atoms with Gasteiger partial charge >= 0.3 is 0 Å². The van der Waals surface area contributed by atoms with Crippen LogP contribution in [0.25, 0.3) is 0 Å². The van der Waals surface area contributed by atoms with Crippen LogP contribution in [0.15, 0.2) is 24.5 Å². The van der Waals surface area contributed by atoms with Crippen molar-refractivity contribution < 1.29 is 4.79 Å². The van der Waals surface area contributed by atoms with Crippen LogP contribution in [0.4, 0.5) is 0 Å². The molecule has 0 spiro atoms. The summed E-state index contributed by atoms with van der Waals surface area (Å²) in [6.45, 7) is 5.55. The van der Waals surface area contributed by atoms with Gasteiger partial charge in [0.25, 0.3) is 5.91 Å². The SMILES string of the molecule is CCc1nn(C)c(Cl)c1CN1C[C@H]2CC[C@@H]1CN(C(=O)c1ccncc1)C2. The fraction of sp³-hybridized carbons (Fsp3) is 0.550. The lowest BCUT2D eigenvalue weighted by Gasteiger charge is -2.36. The van der Waals surface area contributed by atoms with Crippen molar-refractivity contribution in [2.75, 3.05) is 19.6 Å². The number of amides is 1. The lowest BCUT2D eigenvalue weighted by Crippen LogP contribution is -2.44. The summed E-state index contributed by atoms with van der Waals surface area (Å²) in [5.41, 5.74) is 2.94. The fourth-order valence-corrected chi connectivity index (χ4v) is 4.67. The first kappa shape index (κ1) is 18.4. The molecule has 3 fully saturated rings. The van der Waals surface area contributed by atoms with Gasteiger partial charge in [0.15, 0.2) is 0 Å². The van der Waals surface area contributed by atoms with E-state index in [1.54, 1.807) is 29.2 Å². The van der Waals surface area contributed by atoms with Gasteiger partial charge in [-0.3, -0.25) is 19.4 Å². The summed E-state index contributed by atoms with van der Waals surface area (Å²) in [6.07, 6.45) is 6.56. The molecule has 27 heavy (non-hydrogen) atoms. The van der Waals surface area contributed by atoms with Crippen LogP contribution in [0, 0.1) is 5.92 Å². The highest BCUT2D eigenvalue weighted by atomic mass is 35.5. The zero-order chi connectivity index (χ0) is 19.0. The molecule has 144 valence electrons. The predicted octanol–water partition coefficient (Wildman–Crippen LogP) is 2.77. The van der Waals surface area contributed by atoms with Gasteiger partial charge in [0.2, 0.25) is 0 Å². The number of aryl methyl sites for hydroxylation is 2. The highest BCUT2D eigenvalue weighted by Crippen LogP contribution is 2.32. The zero-order valence-electron chi connectivity index (χ0n) is 15.9. The average Bonchev–Trinajstić information content (AvgIpc) is 2.88. The van der Waals surface area contributed by atoms with Gasteiger partial charge in [-0.2, -0.15) is 5.10 Å². The van der Waals surface area contributed by atoms with Crippen molar-refractivity contribution in [3.05, 3.63) is 46.5 Å². The molecule has 5 rings (SSSR count). The monoisotopic (exact) mass is 387 g/mol. The summed E-state index contributed by atoms with van der Waals surface area (Å²) in [7, 11) is 1.90. The van der Waals surface area contributed by atoms with E-state index in [9.17, 15) is 4.79 Å². The average molecular weight is 388 g/mol. The Hall–Kier alpha value is -1.92. The van der Waals surface area contributed by atoms with E-state index in [1.807, 2.05) is 11.9 Å². The van der Waals surface area contributed by atoms with Crippen LogP contribution in [-0.2, 0) is 20.0 Å². The number of halogens is 1. The van der Waals surface area contributed by atoms with Crippen molar-refractivity contribution in [2.24, 2.45) is 13.0 Å². The summed E-state index contributed by atoms with van der Waals surface area (Å²) in [5.74, 6) is 0.625. The van der Waals surface area contributed by atoms with Gasteiger partial charge in [-0.25, -0.2) is 0 Å². The maximum atomic E-state index is 12.9. The smallest absolute Gasteiger partial charge is 0.254 e. The molecule has 2 aromatic heterocycles. The van der Waals surface area contributed by atoms with E-state index >= 15 is 0 Å². The Labute approximate surface area is 165 Å². The van der Waals surface area contributed by atoms with Gasteiger partial charge in [-0.15, -0.1) is 0 Å². The van der Waals surface area contributed by atoms with Gasteiger partial charge in [0, 0.05) is 62.8 Å². The minimum Gasteiger partial charge on any atom is -0.337 e. The molecule has 7 heteroatoms. The van der Waals surface area contributed by atoms with E-state index in [0.717, 1.165) is 61.0 Å². The van der Waals surface area contributed by atoms with Crippen LogP contribution < -0.4 is 0 Å². The van der Waals surface area contributed by atoms with Gasteiger partial charge < -0.3 is 4.90 Å². The van der Waals surface area contributed by atoms with Gasteiger partial charge in [0.05, 0.1) is 5.69 Å². The minimum atomic E-state index is 0.116. The minimum absolute atomic E-state index is 0.116. The van der Waals surface area contributed by atoms with Crippen LogP contribution in [-0.4, -0.2) is 56.1 Å². The van der Waals surface area contributed by atoms with Crippen molar-refractivity contribution >= 4 is 17.5 Å². The number of nitrogens with zero attached hydrogens (tertiary/aromatic N) is 5. The number of carbonyl (C=O) groups is 1. The van der Waals surface area contributed by atoms with Crippen LogP contribution in [0.3, 0.4) is 0 Å². The van der Waals surface area contributed by atoms with Crippen LogP contribution in [0.5, 0.6) is 0 Å². The molecule has 2 aromatic rings. The maximum absolute atomic E-state index is 12.9. The lowest BCUT2D eigenvalue weighted by atomic mass is 9.94. The number of hydrogen-bond donors (Lipinski definition) is 0. The summed E-state index contributed by atoms with van der Waals surface area (Å²) in [6, 6.07) is 3.97. The maximum Gasteiger partial charge on any atom is 0.254 e. The van der Waals surface area contributed by atoms with E-state index in [0.29, 0.717) is 12.0 Å². The molecular weight excluding hydrogens is 362 g/mol. The molecular formula is C20H26ClN5O. The number of rotatable bonds is 4. The topological polar surface area (TPSA) is 54.3 Å². The Kier molecular flexibility index (Phi) is 5.19. The van der Waals surface area contributed by atoms with Crippen LogP contribution in [0.2, 0.25) is 5.15 Å². The van der Waals surface area contributed by atoms with E-state index in [4.69, 9.17) is 11.6 Å². The Bertz CT molecular complexity index is 821. The largest absolute Gasteiger partial charge is 0.337 e. The molecule has 2 bridgehead atoms. The summed E-state index contributed by atoms with van der Waals surface area (Å²) >= 11 is 6.52. The predicted molar refractivity (Wildman–Crippen MR) is 105 cm³/mol. The molecule has 1 amide bonds. The first-order valence-electron chi connectivity index (χ1n) is 9.70. The van der Waals surface area contributed by atoms with E-state index in [1.165, 1.54) is 6.42 Å². The normalized spacial score (nSPS) is 22.9. The Balaban J connectivity index is 1.53. The van der Waals surface area contributed by atoms with Gasteiger partial charge in [-0.05, 0) is 37.3 Å². The fourth-order valence-electron chi connectivity index (χ4n) is 4.46. The molecule has 3 aliphatic heterocycles. The molecule has 0 radical (unpaired) electrons. The third kappa shape index (κ3) is 3.60. The molecule has 0 aromatic carbocycles. The Morgan fingerprint density at radius 1 is 1.22 bits per heavy atom. The van der Waals surface area contributed by atoms with E-state index in [2.05, 4.69) is 21.9 Å². The second kappa shape index (κ2) is 7.60. The Morgan fingerprint density at radius 2 is 2.00 bits per heavy atom. The summed E-state index contributed by atoms with van der Waals surface area (Å²) in [4.78, 5) is 21.5. The third-order valence-corrected chi connectivity index (χ3v) is 6.36. The van der Waals surface area contributed by atoms with Gasteiger partial charge in [-0.1, -0.05) is 18.5 Å². The molecule has 3 aliphatic rings. The van der Waals surface area contributed by atoms with Crippen LogP contribution in [0.1, 0.15) is 41.4 Å². The number of carbonyl (C=O) groups excluding carboxylic acids is 1. The molecule has 6 nitrogen and oxygen atoms in total. The third-order valence-electron chi connectivity index (χ3n) is 5.89. The van der Waals surface area contributed by atoms with Crippen LogP contribution >= 0.6 is 11.6 Å². The first-order chi connectivity index (χ1) is 13.1. The van der Waals surface area contributed by atoms with Crippen molar-refractivity contribution in [1.29, 1.82) is 0 Å². The van der Waals surface area contributed by atoms with Crippen molar-refractivity contribution in [1.82, 2.24) is 24.6 Å². The summed E-state index contributed by atoms with van der Waals surface area (Å²) in [5, 5.41) is 5.28. The molecule has 0 aliphatic carbocycles. The molecule has 3 saturated heterocycles. The number of pyridine rings is 1.